The molecule has 2 aliphatic heterocycles. The number of ether oxygens (including phenoxy) is 2. The lowest BCUT2D eigenvalue weighted by Crippen LogP contribution is -2.46. The average Bonchev–Trinajstić information content (AvgIpc) is 2.76. The summed E-state index contributed by atoms with van der Waals surface area (Å²) in [5.74, 6) is 1.49. The van der Waals surface area contributed by atoms with Gasteiger partial charge in [0.1, 0.15) is 11.4 Å². The molecule has 1 aromatic heterocycles. The highest BCUT2D eigenvalue weighted by Crippen LogP contribution is 2.32. The number of methoxy groups -OCH3 is 1. The van der Waals surface area contributed by atoms with E-state index in [0.29, 0.717) is 49.1 Å². The summed E-state index contributed by atoms with van der Waals surface area (Å²) < 4.78 is 11.0. The molecule has 4 rings (SSSR count). The van der Waals surface area contributed by atoms with E-state index in [1.165, 1.54) is 0 Å². The molecule has 3 amide bonds. The highest BCUT2D eigenvalue weighted by molar-refractivity contribution is 5.92. The summed E-state index contributed by atoms with van der Waals surface area (Å²) in [7, 11) is 1.59. The Morgan fingerprint density at radius 2 is 2.17 bits per heavy atom. The highest BCUT2D eigenvalue weighted by Gasteiger charge is 2.33. The lowest BCUT2D eigenvalue weighted by Gasteiger charge is -2.38. The summed E-state index contributed by atoms with van der Waals surface area (Å²) in [6, 6.07) is 10.7. The largest absolute Gasteiger partial charge is 0.497 e. The normalized spacial score (nSPS) is 21.4. The fourth-order valence-electron chi connectivity index (χ4n) is 4.11. The SMILES string of the molecule is COc1cccc(NC(=O)N2CC[C@H]3CC(=O)Nc4cccnc4OCC[C@H]3C2)c1. The van der Waals surface area contributed by atoms with Crippen molar-refractivity contribution in [3.05, 3.63) is 42.6 Å². The molecule has 2 aromatic rings. The Bertz CT molecular complexity index is 920. The second-order valence-electron chi connectivity index (χ2n) is 7.66. The molecule has 158 valence electrons. The number of hydrogen-bond donors (Lipinski definition) is 2. The summed E-state index contributed by atoms with van der Waals surface area (Å²) in [4.78, 5) is 31.4. The molecule has 0 aliphatic carbocycles. The second-order valence-corrected chi connectivity index (χ2v) is 7.66. The molecule has 3 heterocycles. The van der Waals surface area contributed by atoms with Crippen molar-refractivity contribution < 1.29 is 19.1 Å². The Hall–Kier alpha value is -3.29. The number of anilines is 2. The number of nitrogens with zero attached hydrogens (tertiary/aromatic N) is 2. The van der Waals surface area contributed by atoms with Gasteiger partial charge in [-0.2, -0.15) is 0 Å². The van der Waals surface area contributed by atoms with Gasteiger partial charge in [0.25, 0.3) is 0 Å². The Labute approximate surface area is 175 Å². The summed E-state index contributed by atoms with van der Waals surface area (Å²) in [6.45, 7) is 1.70. The number of benzene rings is 1. The molecule has 0 radical (unpaired) electrons. The number of fused-ring (bicyclic) bond motifs is 2. The van der Waals surface area contributed by atoms with Crippen LogP contribution in [0.3, 0.4) is 0 Å². The zero-order valence-corrected chi connectivity index (χ0v) is 17.0. The smallest absolute Gasteiger partial charge is 0.321 e. The van der Waals surface area contributed by atoms with E-state index in [1.54, 1.807) is 31.5 Å². The van der Waals surface area contributed by atoms with Crippen LogP contribution in [0.1, 0.15) is 19.3 Å². The van der Waals surface area contributed by atoms with E-state index < -0.39 is 0 Å². The molecule has 0 bridgehead atoms. The first-order valence-corrected chi connectivity index (χ1v) is 10.2. The van der Waals surface area contributed by atoms with Gasteiger partial charge in [-0.15, -0.1) is 0 Å². The molecule has 1 aromatic carbocycles. The van der Waals surface area contributed by atoms with Crippen molar-refractivity contribution in [1.29, 1.82) is 0 Å². The van der Waals surface area contributed by atoms with Crippen LogP contribution in [0.5, 0.6) is 11.6 Å². The number of rotatable bonds is 2. The first kappa shape index (κ1) is 20.0. The standard InChI is InChI=1S/C22H26N4O4/c1-29-18-5-2-4-17(13-18)24-22(28)26-10-7-15-12-20(27)25-19-6-3-9-23-21(19)30-11-8-16(15)14-26/h2-6,9,13,15-16H,7-8,10-12,14H2,1H3,(H,24,28)(H,25,27)/t15-,16-/m0/s1. The fourth-order valence-corrected chi connectivity index (χ4v) is 4.11. The van der Waals surface area contributed by atoms with Crippen LogP contribution in [-0.4, -0.2) is 48.6 Å². The molecule has 0 unspecified atom stereocenters. The lowest BCUT2D eigenvalue weighted by molar-refractivity contribution is -0.118. The predicted molar refractivity (Wildman–Crippen MR) is 113 cm³/mol. The Kier molecular flexibility index (Phi) is 6.02. The zero-order chi connectivity index (χ0) is 20.9. The minimum atomic E-state index is -0.142. The van der Waals surface area contributed by atoms with Crippen molar-refractivity contribution in [3.63, 3.8) is 0 Å². The van der Waals surface area contributed by atoms with Crippen LogP contribution in [0.2, 0.25) is 0 Å². The third-order valence-corrected chi connectivity index (χ3v) is 5.72. The number of aromatic nitrogens is 1. The third-order valence-electron chi connectivity index (χ3n) is 5.72. The van der Waals surface area contributed by atoms with Crippen LogP contribution < -0.4 is 20.1 Å². The minimum absolute atomic E-state index is 0.0426. The Morgan fingerprint density at radius 3 is 3.03 bits per heavy atom. The molecule has 30 heavy (non-hydrogen) atoms. The van der Waals surface area contributed by atoms with Crippen LogP contribution in [0.4, 0.5) is 16.2 Å². The van der Waals surface area contributed by atoms with E-state index in [-0.39, 0.29) is 23.8 Å². The first-order chi connectivity index (χ1) is 14.6. The van der Waals surface area contributed by atoms with Gasteiger partial charge < -0.3 is 25.0 Å². The van der Waals surface area contributed by atoms with Gasteiger partial charge in [0.15, 0.2) is 0 Å². The number of urea groups is 1. The summed E-state index contributed by atoms with van der Waals surface area (Å²) in [5, 5.41) is 5.85. The monoisotopic (exact) mass is 410 g/mol. The van der Waals surface area contributed by atoms with Crippen molar-refractivity contribution in [2.45, 2.75) is 19.3 Å². The quantitative estimate of drug-likeness (QED) is 0.792. The molecule has 8 heteroatoms. The van der Waals surface area contributed by atoms with Crippen molar-refractivity contribution in [2.24, 2.45) is 11.8 Å². The van der Waals surface area contributed by atoms with Gasteiger partial charge in [-0.25, -0.2) is 9.78 Å². The van der Waals surface area contributed by atoms with Crippen molar-refractivity contribution in [1.82, 2.24) is 9.88 Å². The maximum atomic E-state index is 12.8. The number of amides is 3. The van der Waals surface area contributed by atoms with Gasteiger partial charge in [0.05, 0.1) is 13.7 Å². The van der Waals surface area contributed by atoms with Crippen molar-refractivity contribution in [2.75, 3.05) is 37.4 Å². The minimum Gasteiger partial charge on any atom is -0.497 e. The van der Waals surface area contributed by atoms with Crippen LogP contribution >= 0.6 is 0 Å². The van der Waals surface area contributed by atoms with Gasteiger partial charge in [0, 0.05) is 37.5 Å². The first-order valence-electron chi connectivity index (χ1n) is 10.2. The number of likely N-dealkylation sites (tertiary alicyclic amines) is 1. The van der Waals surface area contributed by atoms with Gasteiger partial charge in [-0.1, -0.05) is 6.07 Å². The highest BCUT2D eigenvalue weighted by atomic mass is 16.5. The summed E-state index contributed by atoms with van der Waals surface area (Å²) in [6.07, 6.45) is 3.62. The number of carbonyl (C=O) groups excluding carboxylic acids is 2. The average molecular weight is 410 g/mol. The van der Waals surface area contributed by atoms with Crippen LogP contribution in [0, 0.1) is 11.8 Å². The lowest BCUT2D eigenvalue weighted by atomic mass is 9.81. The fraction of sp³-hybridized carbons (Fsp3) is 0.409. The second kappa shape index (κ2) is 9.02. The van der Waals surface area contributed by atoms with Crippen LogP contribution in [0.25, 0.3) is 0 Å². The van der Waals surface area contributed by atoms with Crippen molar-refractivity contribution in [3.8, 4) is 11.6 Å². The van der Waals surface area contributed by atoms with Gasteiger partial charge >= 0.3 is 6.03 Å². The van der Waals surface area contributed by atoms with Gasteiger partial charge in [-0.3, -0.25) is 4.79 Å². The van der Waals surface area contributed by atoms with Crippen molar-refractivity contribution >= 4 is 23.3 Å². The number of carbonyl (C=O) groups is 2. The maximum Gasteiger partial charge on any atom is 0.321 e. The maximum absolute atomic E-state index is 12.8. The number of hydrogen-bond acceptors (Lipinski definition) is 5. The molecule has 1 fully saturated rings. The van der Waals surface area contributed by atoms with Gasteiger partial charge in [-0.05, 0) is 48.9 Å². The zero-order valence-electron chi connectivity index (χ0n) is 17.0. The third kappa shape index (κ3) is 4.64. The van der Waals surface area contributed by atoms with E-state index in [0.717, 1.165) is 12.8 Å². The topological polar surface area (TPSA) is 92.8 Å². The molecular formula is C22H26N4O4. The molecule has 2 atom stereocenters. The molecular weight excluding hydrogens is 384 g/mol. The predicted octanol–water partition coefficient (Wildman–Crippen LogP) is 3.37. The van der Waals surface area contributed by atoms with E-state index in [4.69, 9.17) is 9.47 Å². The Morgan fingerprint density at radius 1 is 1.27 bits per heavy atom. The molecule has 2 N–H and O–H groups in total. The molecule has 0 spiro atoms. The van der Waals surface area contributed by atoms with E-state index in [1.807, 2.05) is 23.1 Å². The number of pyridine rings is 1. The molecule has 8 nitrogen and oxygen atoms in total. The number of piperidine rings is 1. The van der Waals surface area contributed by atoms with E-state index >= 15 is 0 Å². The summed E-state index contributed by atoms with van der Waals surface area (Å²) >= 11 is 0. The summed E-state index contributed by atoms with van der Waals surface area (Å²) in [5.41, 5.74) is 1.30. The molecule has 2 aliphatic rings. The van der Waals surface area contributed by atoms with E-state index in [9.17, 15) is 9.59 Å². The Balaban J connectivity index is 1.42. The molecule has 1 saturated heterocycles. The number of nitrogens with one attached hydrogen (secondary N) is 2. The molecule has 0 saturated carbocycles. The van der Waals surface area contributed by atoms with Crippen LogP contribution in [0.15, 0.2) is 42.6 Å². The van der Waals surface area contributed by atoms with Crippen LogP contribution in [-0.2, 0) is 4.79 Å². The van der Waals surface area contributed by atoms with E-state index in [2.05, 4.69) is 15.6 Å². The van der Waals surface area contributed by atoms with Gasteiger partial charge in [0.2, 0.25) is 11.8 Å².